The van der Waals surface area contributed by atoms with Gasteiger partial charge in [-0.3, -0.25) is 0 Å². The maximum absolute atomic E-state index is 11.5. The fourth-order valence-electron chi connectivity index (χ4n) is 0.871. The van der Waals surface area contributed by atoms with Gasteiger partial charge in [-0.15, -0.1) is 0 Å². The van der Waals surface area contributed by atoms with Crippen molar-refractivity contribution in [1.82, 2.24) is 0 Å². The Kier molecular flexibility index (Phi) is 7.06. The Morgan fingerprint density at radius 1 is 0.895 bits per heavy atom. The molecule has 0 aromatic heterocycles. The molecule has 0 saturated carbocycles. The largest absolute Gasteiger partial charge is 0.461 e. The molecule has 6 nitrogen and oxygen atoms in total. The van der Waals surface area contributed by atoms with Crippen molar-refractivity contribution in [1.29, 1.82) is 0 Å². The van der Waals surface area contributed by atoms with Gasteiger partial charge in [0.1, 0.15) is 13.2 Å². The Bertz CT molecular complexity index is 436. The van der Waals surface area contributed by atoms with Crippen LogP contribution in [0.4, 0.5) is 0 Å². The fourth-order valence-corrected chi connectivity index (χ4v) is 1.75. The highest BCUT2D eigenvalue weighted by Crippen LogP contribution is 1.97. The molecule has 0 spiro atoms. The lowest BCUT2D eigenvalue weighted by molar-refractivity contribution is -0.139. The smallest absolute Gasteiger partial charge is 0.333 e. The molecule has 0 amide bonds. The van der Waals surface area contributed by atoms with Crippen molar-refractivity contribution in [2.24, 2.45) is 0 Å². The summed E-state index contributed by atoms with van der Waals surface area (Å²) in [5, 5.41) is 0. The average molecular weight is 290 g/mol. The van der Waals surface area contributed by atoms with Gasteiger partial charge >= 0.3 is 11.9 Å². The van der Waals surface area contributed by atoms with Gasteiger partial charge in [-0.2, -0.15) is 0 Å². The Morgan fingerprint density at radius 3 is 1.47 bits per heavy atom. The molecule has 19 heavy (non-hydrogen) atoms. The Hall–Kier alpha value is -1.63. The number of rotatable bonds is 8. The predicted octanol–water partition coefficient (Wildman–Crippen LogP) is 0.640. The molecule has 0 bridgehead atoms. The van der Waals surface area contributed by atoms with Gasteiger partial charge in [0.2, 0.25) is 0 Å². The third-order valence-corrected chi connectivity index (χ3v) is 3.53. The molecule has 108 valence electrons. The Balaban J connectivity index is 4.00. The second kappa shape index (κ2) is 7.73. The average Bonchev–Trinajstić information content (AvgIpc) is 2.27. The molecule has 0 atom stereocenters. The molecule has 0 N–H and O–H groups in total. The maximum atomic E-state index is 11.5. The van der Waals surface area contributed by atoms with E-state index in [9.17, 15) is 18.0 Å². The summed E-state index contributed by atoms with van der Waals surface area (Å²) in [6.45, 7) is 9.17. The number of hydrogen-bond donors (Lipinski definition) is 0. The molecule has 7 heteroatoms. The first-order valence-electron chi connectivity index (χ1n) is 5.51. The Morgan fingerprint density at radius 2 is 1.21 bits per heavy atom. The lowest BCUT2D eigenvalue weighted by Crippen LogP contribution is -2.21. The summed E-state index contributed by atoms with van der Waals surface area (Å²) < 4.78 is 32.3. The number of ether oxygens (including phenoxy) is 2. The van der Waals surface area contributed by atoms with Crippen molar-refractivity contribution < 1.29 is 27.5 Å². The molecule has 0 aromatic rings. The van der Waals surface area contributed by atoms with Crippen LogP contribution in [0.15, 0.2) is 24.3 Å². The van der Waals surface area contributed by atoms with E-state index < -0.39 is 21.8 Å². The van der Waals surface area contributed by atoms with E-state index in [1.54, 1.807) is 0 Å². The van der Waals surface area contributed by atoms with Crippen LogP contribution < -0.4 is 0 Å². The molecule has 0 aliphatic rings. The molecular formula is C12H18O6S. The highest BCUT2D eigenvalue weighted by molar-refractivity contribution is 7.91. The summed E-state index contributed by atoms with van der Waals surface area (Å²) in [7, 11) is -3.44. The van der Waals surface area contributed by atoms with E-state index in [0.717, 1.165) is 0 Å². The van der Waals surface area contributed by atoms with Crippen LogP contribution in [-0.4, -0.2) is 45.1 Å². The highest BCUT2D eigenvalue weighted by Gasteiger charge is 2.14. The van der Waals surface area contributed by atoms with Gasteiger partial charge in [-0.1, -0.05) is 13.2 Å². The van der Waals surface area contributed by atoms with E-state index in [1.807, 2.05) is 0 Å². The zero-order valence-electron chi connectivity index (χ0n) is 11.1. The summed E-state index contributed by atoms with van der Waals surface area (Å²) >= 11 is 0. The molecule has 0 aromatic carbocycles. The first-order chi connectivity index (χ1) is 8.65. The van der Waals surface area contributed by atoms with Gasteiger partial charge in [0.05, 0.1) is 11.5 Å². The summed E-state index contributed by atoms with van der Waals surface area (Å²) in [5.74, 6) is -1.92. The van der Waals surface area contributed by atoms with Crippen LogP contribution in [0.3, 0.4) is 0 Å². The van der Waals surface area contributed by atoms with Crippen LogP contribution in [0, 0.1) is 0 Å². The van der Waals surface area contributed by atoms with Gasteiger partial charge in [0, 0.05) is 11.1 Å². The molecule has 0 radical (unpaired) electrons. The van der Waals surface area contributed by atoms with Crippen molar-refractivity contribution in [3.8, 4) is 0 Å². The number of sulfone groups is 1. The van der Waals surface area contributed by atoms with Gasteiger partial charge in [0.25, 0.3) is 0 Å². The van der Waals surface area contributed by atoms with Crippen molar-refractivity contribution in [2.75, 3.05) is 24.7 Å². The van der Waals surface area contributed by atoms with Crippen LogP contribution in [0.25, 0.3) is 0 Å². The Labute approximate surface area is 113 Å². The lowest BCUT2D eigenvalue weighted by atomic mass is 10.4. The van der Waals surface area contributed by atoms with E-state index in [1.165, 1.54) is 13.8 Å². The first-order valence-corrected chi connectivity index (χ1v) is 7.33. The highest BCUT2D eigenvalue weighted by atomic mass is 32.2. The summed E-state index contributed by atoms with van der Waals surface area (Å²) in [4.78, 5) is 22.0. The van der Waals surface area contributed by atoms with E-state index in [0.29, 0.717) is 0 Å². The normalized spacial score (nSPS) is 10.6. The predicted molar refractivity (Wildman–Crippen MR) is 70.2 cm³/mol. The van der Waals surface area contributed by atoms with E-state index in [2.05, 4.69) is 22.6 Å². The number of carbonyl (C=O) groups excluding carboxylic acids is 2. The van der Waals surface area contributed by atoms with E-state index >= 15 is 0 Å². The van der Waals surface area contributed by atoms with E-state index in [-0.39, 0.29) is 35.9 Å². The minimum Gasteiger partial charge on any atom is -0.461 e. The summed E-state index contributed by atoms with van der Waals surface area (Å²) in [6.07, 6.45) is 0. The monoisotopic (exact) mass is 290 g/mol. The van der Waals surface area contributed by atoms with Crippen molar-refractivity contribution in [3.05, 3.63) is 24.3 Å². The maximum Gasteiger partial charge on any atom is 0.333 e. The fraction of sp³-hybridized carbons (Fsp3) is 0.500. The molecule has 0 aliphatic heterocycles. The van der Waals surface area contributed by atoms with Gasteiger partial charge < -0.3 is 9.47 Å². The summed E-state index contributed by atoms with van der Waals surface area (Å²) in [6, 6.07) is 0. The molecule has 0 rings (SSSR count). The zero-order chi connectivity index (χ0) is 15.1. The molecule has 0 aliphatic carbocycles. The molecule has 0 unspecified atom stereocenters. The lowest BCUT2D eigenvalue weighted by Gasteiger charge is -2.07. The number of esters is 2. The molecule has 0 fully saturated rings. The molecule has 0 saturated heterocycles. The van der Waals surface area contributed by atoms with Crippen molar-refractivity contribution in [3.63, 3.8) is 0 Å². The SMILES string of the molecule is C=C(C)C(=O)OCCS(=O)(=O)CCOC(=O)C(=C)C. The molecule has 0 heterocycles. The van der Waals surface area contributed by atoms with Crippen molar-refractivity contribution >= 4 is 21.8 Å². The van der Waals surface area contributed by atoms with Crippen LogP contribution in [0.1, 0.15) is 13.8 Å². The van der Waals surface area contributed by atoms with Gasteiger partial charge in [-0.25, -0.2) is 18.0 Å². The third kappa shape index (κ3) is 8.15. The standard InChI is InChI=1S/C12H18O6S/c1-9(2)11(13)17-5-7-19(15,16)8-6-18-12(14)10(3)4/h1,3,5-8H2,2,4H3. The van der Waals surface area contributed by atoms with Crippen molar-refractivity contribution in [2.45, 2.75) is 13.8 Å². The first kappa shape index (κ1) is 17.4. The topological polar surface area (TPSA) is 86.7 Å². The van der Waals surface area contributed by atoms with E-state index in [4.69, 9.17) is 0 Å². The molecular weight excluding hydrogens is 272 g/mol. The van der Waals surface area contributed by atoms with Crippen LogP contribution in [0.2, 0.25) is 0 Å². The second-order valence-electron chi connectivity index (χ2n) is 3.98. The minimum atomic E-state index is -3.44. The van der Waals surface area contributed by atoms with Gasteiger partial charge in [-0.05, 0) is 13.8 Å². The number of carbonyl (C=O) groups is 2. The minimum absolute atomic E-state index is 0.202. The summed E-state index contributed by atoms with van der Waals surface area (Å²) in [5.41, 5.74) is 0.403. The number of hydrogen-bond acceptors (Lipinski definition) is 6. The van der Waals surface area contributed by atoms with Gasteiger partial charge in [0.15, 0.2) is 9.84 Å². The third-order valence-electron chi connectivity index (χ3n) is 1.95. The quantitative estimate of drug-likeness (QED) is 0.481. The van der Waals surface area contributed by atoms with Crippen LogP contribution in [0.5, 0.6) is 0 Å². The zero-order valence-corrected chi connectivity index (χ0v) is 11.9. The van der Waals surface area contributed by atoms with Crippen LogP contribution in [-0.2, 0) is 28.9 Å². The second-order valence-corrected chi connectivity index (χ2v) is 6.29. The van der Waals surface area contributed by atoms with Crippen LogP contribution >= 0.6 is 0 Å².